The fourth-order valence-electron chi connectivity index (χ4n) is 6.36. The van der Waals surface area contributed by atoms with Gasteiger partial charge >= 0.3 is 0 Å². The molecule has 2 aliphatic heterocycles. The zero-order valence-electron chi connectivity index (χ0n) is 20.3. The maximum Gasteiger partial charge on any atom is 0.246 e. The second-order valence-corrected chi connectivity index (χ2v) is 9.86. The predicted octanol–water partition coefficient (Wildman–Crippen LogP) is 4.20. The Bertz CT molecular complexity index is 1290. The van der Waals surface area contributed by atoms with E-state index in [4.69, 9.17) is 9.47 Å². The van der Waals surface area contributed by atoms with E-state index in [1.807, 2.05) is 40.1 Å². The van der Waals surface area contributed by atoms with Gasteiger partial charge in [-0.15, -0.1) is 0 Å². The van der Waals surface area contributed by atoms with E-state index in [0.29, 0.717) is 17.9 Å². The van der Waals surface area contributed by atoms with Crippen LogP contribution >= 0.6 is 0 Å². The number of carbonyl (C=O) groups excluding carboxylic acids is 2. The van der Waals surface area contributed by atoms with Gasteiger partial charge in [0.05, 0.1) is 20.3 Å². The lowest BCUT2D eigenvalue weighted by Gasteiger charge is -2.49. The highest BCUT2D eigenvalue weighted by molar-refractivity contribution is 5.98. The fourth-order valence-corrected chi connectivity index (χ4v) is 6.36. The molecule has 0 spiro atoms. The number of benzene rings is 2. The number of rotatable bonds is 4. The van der Waals surface area contributed by atoms with Gasteiger partial charge in [-0.25, -0.2) is 0 Å². The molecule has 2 amide bonds. The van der Waals surface area contributed by atoms with E-state index in [1.165, 1.54) is 6.42 Å². The molecule has 182 valence electrons. The molecule has 2 unspecified atom stereocenters. The number of amides is 2. The van der Waals surface area contributed by atoms with Crippen molar-refractivity contribution in [3.63, 3.8) is 0 Å². The number of methoxy groups -OCH3 is 2. The summed E-state index contributed by atoms with van der Waals surface area (Å²) >= 11 is 0. The molecule has 7 nitrogen and oxygen atoms in total. The van der Waals surface area contributed by atoms with Crippen LogP contribution in [-0.2, 0) is 16.0 Å². The number of aromatic nitrogens is 1. The molecular weight excluding hydrogens is 442 g/mol. The summed E-state index contributed by atoms with van der Waals surface area (Å²) < 4.78 is 11.0. The molecule has 2 aromatic carbocycles. The highest BCUT2D eigenvalue weighted by Gasteiger charge is 2.49. The Balaban J connectivity index is 1.49. The molecule has 1 N–H and O–H groups in total. The molecule has 3 aromatic rings. The van der Waals surface area contributed by atoms with E-state index < -0.39 is 12.1 Å². The number of nitrogens with one attached hydrogen (secondary N) is 1. The molecule has 1 saturated heterocycles. The zero-order valence-corrected chi connectivity index (χ0v) is 20.3. The minimum atomic E-state index is -0.511. The number of carbonyl (C=O) groups is 2. The van der Waals surface area contributed by atoms with Gasteiger partial charge in [0.1, 0.15) is 12.6 Å². The van der Waals surface area contributed by atoms with Crippen molar-refractivity contribution < 1.29 is 19.1 Å². The van der Waals surface area contributed by atoms with Gasteiger partial charge in [0.25, 0.3) is 0 Å². The van der Waals surface area contributed by atoms with Crippen LogP contribution in [0.4, 0.5) is 0 Å². The SMILES string of the molecule is COc1ccc(C2c3[nH]c4ccccc4c3CC3C(=O)N(C4CCCCC4)CC(=O)N32)cc1OC. The Hall–Kier alpha value is -3.48. The Kier molecular flexibility index (Phi) is 5.43. The van der Waals surface area contributed by atoms with Gasteiger partial charge in [0.2, 0.25) is 11.8 Å². The molecule has 35 heavy (non-hydrogen) atoms. The maximum absolute atomic E-state index is 13.9. The molecule has 1 saturated carbocycles. The van der Waals surface area contributed by atoms with Crippen LogP contribution in [0.15, 0.2) is 42.5 Å². The van der Waals surface area contributed by atoms with E-state index in [9.17, 15) is 9.59 Å². The first-order valence-corrected chi connectivity index (χ1v) is 12.5. The molecule has 1 aliphatic carbocycles. The number of nitrogens with zero attached hydrogens (tertiary/aromatic N) is 2. The summed E-state index contributed by atoms with van der Waals surface area (Å²) in [7, 11) is 3.22. The average molecular weight is 474 g/mol. The van der Waals surface area contributed by atoms with Crippen molar-refractivity contribution in [2.75, 3.05) is 20.8 Å². The van der Waals surface area contributed by atoms with E-state index >= 15 is 0 Å². The third kappa shape index (κ3) is 3.48. The largest absolute Gasteiger partial charge is 0.493 e. The fraction of sp³-hybridized carbons (Fsp3) is 0.429. The highest BCUT2D eigenvalue weighted by atomic mass is 16.5. The Labute approximate surface area is 205 Å². The van der Waals surface area contributed by atoms with Gasteiger partial charge in [0.15, 0.2) is 11.5 Å². The van der Waals surface area contributed by atoms with Gasteiger partial charge in [-0.1, -0.05) is 43.5 Å². The molecular formula is C28H31N3O4. The summed E-state index contributed by atoms with van der Waals surface area (Å²) in [6.07, 6.45) is 5.96. The second kappa shape index (κ2) is 8.63. The standard InChI is InChI=1S/C28H31N3O4/c1-34-23-13-12-17(14-24(23)35-2)27-26-20(19-10-6-7-11-21(19)29-26)15-22-28(33)30(16-25(32)31(22)27)18-8-4-3-5-9-18/h6-7,10-14,18,22,27,29H,3-5,8-9,15-16H2,1-2H3. The first-order chi connectivity index (χ1) is 17.1. The molecule has 6 rings (SSSR count). The summed E-state index contributed by atoms with van der Waals surface area (Å²) in [4.78, 5) is 35.0. The number of para-hydroxylation sites is 1. The van der Waals surface area contributed by atoms with Crippen molar-refractivity contribution in [3.05, 3.63) is 59.3 Å². The van der Waals surface area contributed by atoms with E-state index in [2.05, 4.69) is 17.1 Å². The number of fused-ring (bicyclic) bond motifs is 4. The molecule has 2 atom stereocenters. The van der Waals surface area contributed by atoms with Gasteiger partial charge in [-0.05, 0) is 42.2 Å². The lowest BCUT2D eigenvalue weighted by atomic mass is 9.85. The van der Waals surface area contributed by atoms with Crippen molar-refractivity contribution >= 4 is 22.7 Å². The molecule has 0 radical (unpaired) electrons. The van der Waals surface area contributed by atoms with Crippen LogP contribution in [0.2, 0.25) is 0 Å². The summed E-state index contributed by atoms with van der Waals surface area (Å²) in [5.74, 6) is 1.32. The zero-order chi connectivity index (χ0) is 24.1. The monoisotopic (exact) mass is 473 g/mol. The number of ether oxygens (including phenoxy) is 2. The lowest BCUT2D eigenvalue weighted by molar-refractivity contribution is -0.161. The van der Waals surface area contributed by atoms with Gasteiger partial charge in [-0.3, -0.25) is 9.59 Å². The van der Waals surface area contributed by atoms with Crippen molar-refractivity contribution in [1.82, 2.24) is 14.8 Å². The molecule has 7 heteroatoms. The number of H-pyrrole nitrogens is 1. The van der Waals surface area contributed by atoms with Gasteiger partial charge in [-0.2, -0.15) is 0 Å². The smallest absolute Gasteiger partial charge is 0.246 e. The van der Waals surface area contributed by atoms with Crippen molar-refractivity contribution in [1.29, 1.82) is 0 Å². The summed E-state index contributed by atoms with van der Waals surface area (Å²) in [5, 5.41) is 1.11. The lowest BCUT2D eigenvalue weighted by Crippen LogP contribution is -2.65. The van der Waals surface area contributed by atoms with Crippen molar-refractivity contribution in [2.24, 2.45) is 0 Å². The Morgan fingerprint density at radius 2 is 1.71 bits per heavy atom. The maximum atomic E-state index is 13.9. The summed E-state index contributed by atoms with van der Waals surface area (Å²) in [6.45, 7) is 0.152. The number of piperazine rings is 1. The van der Waals surface area contributed by atoms with E-state index in [1.54, 1.807) is 14.2 Å². The van der Waals surface area contributed by atoms with Crippen LogP contribution in [0.5, 0.6) is 11.5 Å². The average Bonchev–Trinajstić information content (AvgIpc) is 3.28. The second-order valence-electron chi connectivity index (χ2n) is 9.86. The van der Waals surface area contributed by atoms with Crippen molar-refractivity contribution in [2.45, 2.75) is 56.7 Å². The predicted molar refractivity (Wildman–Crippen MR) is 133 cm³/mol. The minimum Gasteiger partial charge on any atom is -0.493 e. The molecule has 2 fully saturated rings. The summed E-state index contributed by atoms with van der Waals surface area (Å²) in [6, 6.07) is 13.2. The molecule has 0 bridgehead atoms. The quantitative estimate of drug-likeness (QED) is 0.616. The molecule has 3 aliphatic rings. The molecule has 1 aromatic heterocycles. The molecule has 3 heterocycles. The van der Waals surface area contributed by atoms with Crippen LogP contribution in [-0.4, -0.2) is 59.4 Å². The van der Waals surface area contributed by atoms with Gasteiger partial charge in [0, 0.05) is 29.1 Å². The van der Waals surface area contributed by atoms with Crippen LogP contribution in [0, 0.1) is 0 Å². The topological polar surface area (TPSA) is 74.9 Å². The minimum absolute atomic E-state index is 0.00395. The van der Waals surface area contributed by atoms with Crippen LogP contribution < -0.4 is 9.47 Å². The van der Waals surface area contributed by atoms with Crippen LogP contribution in [0.1, 0.15) is 55.0 Å². The number of aromatic amines is 1. The van der Waals surface area contributed by atoms with E-state index in [0.717, 1.165) is 53.4 Å². The number of hydrogen-bond acceptors (Lipinski definition) is 4. The highest BCUT2D eigenvalue weighted by Crippen LogP contribution is 2.44. The Morgan fingerprint density at radius 3 is 2.49 bits per heavy atom. The van der Waals surface area contributed by atoms with Gasteiger partial charge < -0.3 is 24.3 Å². The normalized spacial score (nSPS) is 22.8. The number of hydrogen-bond donors (Lipinski definition) is 1. The first kappa shape index (κ1) is 22.0. The van der Waals surface area contributed by atoms with Crippen LogP contribution in [0.3, 0.4) is 0 Å². The Morgan fingerprint density at radius 1 is 0.943 bits per heavy atom. The van der Waals surface area contributed by atoms with E-state index in [-0.39, 0.29) is 24.4 Å². The van der Waals surface area contributed by atoms with Crippen LogP contribution in [0.25, 0.3) is 10.9 Å². The third-order valence-electron chi connectivity index (χ3n) is 8.03. The first-order valence-electron chi connectivity index (χ1n) is 12.5. The third-order valence-corrected chi connectivity index (χ3v) is 8.03. The summed E-state index contributed by atoms with van der Waals surface area (Å²) in [5.41, 5.74) is 4.01. The van der Waals surface area contributed by atoms with Crippen molar-refractivity contribution in [3.8, 4) is 11.5 Å².